The molecule has 0 radical (unpaired) electrons. The van der Waals surface area contributed by atoms with Crippen molar-refractivity contribution in [1.82, 2.24) is 4.72 Å². The molecule has 0 amide bonds. The van der Waals surface area contributed by atoms with Gasteiger partial charge in [0.2, 0.25) is 10.0 Å². The van der Waals surface area contributed by atoms with Crippen molar-refractivity contribution in [3.63, 3.8) is 0 Å². The molecule has 2 aliphatic rings. The van der Waals surface area contributed by atoms with Crippen LogP contribution in [0.3, 0.4) is 0 Å². The van der Waals surface area contributed by atoms with E-state index in [1.54, 1.807) is 18.2 Å². The van der Waals surface area contributed by atoms with Gasteiger partial charge < -0.3 is 0 Å². The summed E-state index contributed by atoms with van der Waals surface area (Å²) < 4.78 is 27.3. The Bertz CT molecular complexity index is 618. The third-order valence-corrected chi connectivity index (χ3v) is 6.52. The van der Waals surface area contributed by atoms with Gasteiger partial charge in [0.1, 0.15) is 0 Å². The normalized spacial score (nSPS) is 29.0. The minimum Gasteiger partial charge on any atom is -0.212 e. The topological polar surface area (TPSA) is 46.2 Å². The minimum absolute atomic E-state index is 0.0439. The summed E-state index contributed by atoms with van der Waals surface area (Å²) in [5, 5.41) is 0.827. The fraction of sp³-hybridized carbons (Fsp3) is 0.571. The number of fused-ring (bicyclic) bond motifs is 2. The Labute approximate surface area is 129 Å². The van der Waals surface area contributed by atoms with Crippen LogP contribution in [-0.2, 0) is 15.8 Å². The summed E-state index contributed by atoms with van der Waals surface area (Å²) in [7, 11) is -3.32. The molecule has 1 N–H and O–H groups in total. The van der Waals surface area contributed by atoms with Crippen LogP contribution < -0.4 is 4.72 Å². The standard InChI is InChI=1S/C14H17Cl2NO2S/c15-12-4-2-10(6-13(12)16)8-20(18,19)17-14-7-9-1-3-11(14)5-9/h2,4,6,9,11,14,17H,1,3,5,7-8H2/t9-,11+,14+/m0/s1. The highest BCUT2D eigenvalue weighted by Crippen LogP contribution is 2.44. The van der Waals surface area contributed by atoms with Gasteiger partial charge in [-0.25, -0.2) is 13.1 Å². The van der Waals surface area contributed by atoms with E-state index in [9.17, 15) is 8.42 Å². The molecule has 6 heteroatoms. The fourth-order valence-electron chi connectivity index (χ4n) is 3.51. The van der Waals surface area contributed by atoms with Crippen LogP contribution in [0.25, 0.3) is 0 Å². The van der Waals surface area contributed by atoms with Crippen LogP contribution in [0.1, 0.15) is 31.2 Å². The highest BCUT2D eigenvalue weighted by Gasteiger charge is 2.41. The average molecular weight is 334 g/mol. The lowest BCUT2D eigenvalue weighted by atomic mass is 9.96. The number of hydrogen-bond donors (Lipinski definition) is 1. The lowest BCUT2D eigenvalue weighted by molar-refractivity contribution is 0.390. The molecule has 3 rings (SSSR count). The van der Waals surface area contributed by atoms with Crippen LogP contribution in [0.15, 0.2) is 18.2 Å². The van der Waals surface area contributed by atoms with Crippen LogP contribution in [0.4, 0.5) is 0 Å². The Morgan fingerprint density at radius 3 is 2.55 bits per heavy atom. The van der Waals surface area contributed by atoms with Gasteiger partial charge in [-0.2, -0.15) is 0 Å². The molecular formula is C14H17Cl2NO2S. The zero-order valence-electron chi connectivity index (χ0n) is 11.0. The summed E-state index contributed by atoms with van der Waals surface area (Å²) in [5.74, 6) is 1.21. The molecule has 0 heterocycles. The second-order valence-corrected chi connectivity index (χ2v) is 8.48. The second-order valence-electron chi connectivity index (χ2n) is 5.91. The summed E-state index contributed by atoms with van der Waals surface area (Å²) in [5.41, 5.74) is 0.662. The van der Waals surface area contributed by atoms with Gasteiger partial charge in [0, 0.05) is 6.04 Å². The smallest absolute Gasteiger partial charge is 0.212 e. The number of sulfonamides is 1. The summed E-state index contributed by atoms with van der Waals surface area (Å²) in [4.78, 5) is 0. The molecule has 0 aromatic heterocycles. The van der Waals surface area contributed by atoms with Gasteiger partial charge >= 0.3 is 0 Å². The van der Waals surface area contributed by atoms with Gasteiger partial charge in [0.25, 0.3) is 0 Å². The Balaban J connectivity index is 1.67. The molecule has 20 heavy (non-hydrogen) atoms. The molecule has 2 bridgehead atoms. The van der Waals surface area contributed by atoms with E-state index in [-0.39, 0.29) is 11.8 Å². The molecule has 2 saturated carbocycles. The van der Waals surface area contributed by atoms with E-state index in [0.29, 0.717) is 21.5 Å². The van der Waals surface area contributed by atoms with Crippen LogP contribution in [0.2, 0.25) is 10.0 Å². The maximum atomic E-state index is 12.2. The third kappa shape index (κ3) is 3.14. The molecule has 110 valence electrons. The molecule has 2 aliphatic carbocycles. The molecule has 1 aromatic rings. The molecule has 0 aliphatic heterocycles. The van der Waals surface area contributed by atoms with E-state index in [2.05, 4.69) is 4.72 Å². The van der Waals surface area contributed by atoms with Crippen LogP contribution >= 0.6 is 23.2 Å². The van der Waals surface area contributed by atoms with Crippen LogP contribution in [0.5, 0.6) is 0 Å². The predicted molar refractivity (Wildman–Crippen MR) is 81.5 cm³/mol. The zero-order chi connectivity index (χ0) is 14.3. The number of hydrogen-bond acceptors (Lipinski definition) is 2. The first-order chi connectivity index (χ1) is 9.43. The summed E-state index contributed by atoms with van der Waals surface area (Å²) in [6.07, 6.45) is 4.59. The Morgan fingerprint density at radius 2 is 1.95 bits per heavy atom. The number of halogens is 2. The minimum atomic E-state index is -3.32. The van der Waals surface area contributed by atoms with Crippen molar-refractivity contribution in [3.8, 4) is 0 Å². The lowest BCUT2D eigenvalue weighted by Crippen LogP contribution is -2.39. The molecule has 1 aromatic carbocycles. The van der Waals surface area contributed by atoms with Gasteiger partial charge in [-0.3, -0.25) is 0 Å². The predicted octanol–water partition coefficient (Wildman–Crippen LogP) is 3.60. The molecule has 0 saturated heterocycles. The number of benzene rings is 1. The Kier molecular flexibility index (Phi) is 4.01. The summed E-state index contributed by atoms with van der Waals surface area (Å²) >= 11 is 11.8. The van der Waals surface area contributed by atoms with Crippen molar-refractivity contribution in [2.75, 3.05) is 0 Å². The van der Waals surface area contributed by atoms with E-state index < -0.39 is 10.0 Å². The van der Waals surface area contributed by atoms with E-state index in [1.165, 1.54) is 12.8 Å². The van der Waals surface area contributed by atoms with Crippen LogP contribution in [0, 0.1) is 11.8 Å². The largest absolute Gasteiger partial charge is 0.216 e. The average Bonchev–Trinajstić information content (AvgIpc) is 2.95. The maximum absolute atomic E-state index is 12.2. The third-order valence-electron chi connectivity index (χ3n) is 4.41. The quantitative estimate of drug-likeness (QED) is 0.914. The van der Waals surface area contributed by atoms with Crippen molar-refractivity contribution in [3.05, 3.63) is 33.8 Å². The molecule has 2 fully saturated rings. The Hall–Kier alpha value is -0.290. The van der Waals surface area contributed by atoms with Crippen molar-refractivity contribution in [2.45, 2.75) is 37.5 Å². The SMILES string of the molecule is O=S(=O)(Cc1ccc(Cl)c(Cl)c1)N[C@@H]1C[C@H]2CC[C@@H]1C2. The molecule has 0 unspecified atom stereocenters. The van der Waals surface area contributed by atoms with Gasteiger partial charge in [0.05, 0.1) is 15.8 Å². The van der Waals surface area contributed by atoms with Gasteiger partial charge in [-0.05, 0) is 48.8 Å². The van der Waals surface area contributed by atoms with Gasteiger partial charge in [-0.1, -0.05) is 35.7 Å². The fourth-order valence-corrected chi connectivity index (χ4v) is 5.28. The summed E-state index contributed by atoms with van der Waals surface area (Å²) in [6.45, 7) is 0. The maximum Gasteiger partial charge on any atom is 0.216 e. The first kappa shape index (κ1) is 14.6. The molecular weight excluding hydrogens is 317 g/mol. The number of rotatable bonds is 4. The molecule has 3 nitrogen and oxygen atoms in total. The molecule has 3 atom stereocenters. The summed E-state index contributed by atoms with van der Waals surface area (Å²) in [6, 6.07) is 5.08. The number of nitrogens with one attached hydrogen (secondary N) is 1. The lowest BCUT2D eigenvalue weighted by Gasteiger charge is -2.22. The van der Waals surface area contributed by atoms with E-state index >= 15 is 0 Å². The molecule has 0 spiro atoms. The highest BCUT2D eigenvalue weighted by molar-refractivity contribution is 7.88. The van der Waals surface area contributed by atoms with Crippen molar-refractivity contribution < 1.29 is 8.42 Å². The van der Waals surface area contributed by atoms with Crippen molar-refractivity contribution in [2.24, 2.45) is 11.8 Å². The second kappa shape index (κ2) is 5.48. The van der Waals surface area contributed by atoms with E-state index in [4.69, 9.17) is 23.2 Å². The van der Waals surface area contributed by atoms with Crippen molar-refractivity contribution >= 4 is 33.2 Å². The zero-order valence-corrected chi connectivity index (χ0v) is 13.3. The van der Waals surface area contributed by atoms with Crippen LogP contribution in [-0.4, -0.2) is 14.5 Å². The van der Waals surface area contributed by atoms with Gasteiger partial charge in [0.15, 0.2) is 0 Å². The monoisotopic (exact) mass is 333 g/mol. The highest BCUT2D eigenvalue weighted by atomic mass is 35.5. The first-order valence-electron chi connectivity index (χ1n) is 6.87. The Morgan fingerprint density at radius 1 is 1.15 bits per heavy atom. The first-order valence-corrected chi connectivity index (χ1v) is 9.28. The van der Waals surface area contributed by atoms with E-state index in [0.717, 1.165) is 18.8 Å². The van der Waals surface area contributed by atoms with Crippen molar-refractivity contribution in [1.29, 1.82) is 0 Å². The van der Waals surface area contributed by atoms with E-state index in [1.807, 2.05) is 0 Å². The van der Waals surface area contributed by atoms with Gasteiger partial charge in [-0.15, -0.1) is 0 Å².